The van der Waals surface area contributed by atoms with Crippen LogP contribution in [0.1, 0.15) is 43.0 Å². The summed E-state index contributed by atoms with van der Waals surface area (Å²) in [6.45, 7) is 3.03. The third-order valence-corrected chi connectivity index (χ3v) is 3.67. The number of halogens is 1. The summed E-state index contributed by atoms with van der Waals surface area (Å²) in [5.41, 5.74) is 0.352. The number of hydrogen-bond acceptors (Lipinski definition) is 3. The molecule has 3 N–H and O–H groups in total. The number of benzene rings is 1. The summed E-state index contributed by atoms with van der Waals surface area (Å²) < 4.78 is 13.7. The first-order chi connectivity index (χ1) is 9.56. The molecule has 110 valence electrons. The number of piperidine rings is 1. The summed E-state index contributed by atoms with van der Waals surface area (Å²) in [6.07, 6.45) is 4.49. The van der Waals surface area contributed by atoms with Crippen LogP contribution in [0.2, 0.25) is 0 Å². The lowest BCUT2D eigenvalue weighted by Gasteiger charge is -2.27. The van der Waals surface area contributed by atoms with Gasteiger partial charge in [0.1, 0.15) is 5.82 Å². The van der Waals surface area contributed by atoms with Crippen LogP contribution in [0.25, 0.3) is 0 Å². The largest absolute Gasteiger partial charge is 0.478 e. The standard InChI is InChI=1S/C15H21FN2O2/c1-10(8-12-4-2-3-7-17-12)18-14-9-11(15(19)20)5-6-13(14)16/h5-6,9-10,12,17-18H,2-4,7-8H2,1H3,(H,19,20). The highest BCUT2D eigenvalue weighted by molar-refractivity contribution is 5.88. The Balaban J connectivity index is 1.97. The van der Waals surface area contributed by atoms with Gasteiger partial charge in [-0.25, -0.2) is 9.18 Å². The number of rotatable bonds is 5. The molecule has 1 fully saturated rings. The molecule has 0 bridgehead atoms. The zero-order chi connectivity index (χ0) is 14.5. The van der Waals surface area contributed by atoms with E-state index in [0.29, 0.717) is 6.04 Å². The normalized spacial score (nSPS) is 20.4. The van der Waals surface area contributed by atoms with Crippen LogP contribution in [-0.2, 0) is 0 Å². The molecule has 2 unspecified atom stereocenters. The lowest BCUT2D eigenvalue weighted by molar-refractivity contribution is 0.0697. The monoisotopic (exact) mass is 280 g/mol. The molecule has 0 amide bonds. The second-order valence-electron chi connectivity index (χ2n) is 5.43. The van der Waals surface area contributed by atoms with Crippen molar-refractivity contribution in [2.75, 3.05) is 11.9 Å². The minimum absolute atomic E-state index is 0.0872. The molecule has 1 aliphatic rings. The first-order valence-electron chi connectivity index (χ1n) is 7.09. The van der Waals surface area contributed by atoms with Crippen molar-refractivity contribution in [2.24, 2.45) is 0 Å². The van der Waals surface area contributed by atoms with E-state index in [2.05, 4.69) is 10.6 Å². The Kier molecular flexibility index (Phi) is 4.95. The van der Waals surface area contributed by atoms with Crippen LogP contribution in [0, 0.1) is 5.82 Å². The maximum absolute atomic E-state index is 13.7. The van der Waals surface area contributed by atoms with Crippen molar-refractivity contribution >= 4 is 11.7 Å². The predicted octanol–water partition coefficient (Wildman–Crippen LogP) is 2.86. The highest BCUT2D eigenvalue weighted by Crippen LogP contribution is 2.19. The molecule has 20 heavy (non-hydrogen) atoms. The first-order valence-corrected chi connectivity index (χ1v) is 7.09. The van der Waals surface area contributed by atoms with Gasteiger partial charge >= 0.3 is 5.97 Å². The molecule has 2 rings (SSSR count). The third kappa shape index (κ3) is 3.93. The number of carbonyl (C=O) groups is 1. The van der Waals surface area contributed by atoms with Crippen LogP contribution in [0.4, 0.5) is 10.1 Å². The number of carboxylic acids is 1. The Labute approximate surface area is 118 Å². The molecule has 0 saturated carbocycles. The molecule has 1 heterocycles. The summed E-state index contributed by atoms with van der Waals surface area (Å²) in [7, 11) is 0. The van der Waals surface area contributed by atoms with Crippen LogP contribution in [0.3, 0.4) is 0 Å². The Morgan fingerprint density at radius 2 is 2.35 bits per heavy atom. The van der Waals surface area contributed by atoms with E-state index in [9.17, 15) is 9.18 Å². The van der Waals surface area contributed by atoms with Gasteiger partial charge in [0.25, 0.3) is 0 Å². The van der Waals surface area contributed by atoms with Crippen molar-refractivity contribution in [1.29, 1.82) is 0 Å². The van der Waals surface area contributed by atoms with Gasteiger partial charge in [0.05, 0.1) is 11.3 Å². The maximum Gasteiger partial charge on any atom is 0.335 e. The van der Waals surface area contributed by atoms with Gasteiger partial charge < -0.3 is 15.7 Å². The average molecular weight is 280 g/mol. The lowest BCUT2D eigenvalue weighted by Crippen LogP contribution is -2.37. The molecule has 0 radical (unpaired) electrons. The average Bonchev–Trinajstić information content (AvgIpc) is 2.42. The number of aromatic carboxylic acids is 1. The second kappa shape index (κ2) is 6.70. The van der Waals surface area contributed by atoms with Crippen molar-refractivity contribution < 1.29 is 14.3 Å². The van der Waals surface area contributed by atoms with Crippen LogP contribution < -0.4 is 10.6 Å². The molecular formula is C15H21FN2O2. The van der Waals surface area contributed by atoms with Gasteiger partial charge in [0.15, 0.2) is 0 Å². The Morgan fingerprint density at radius 1 is 1.55 bits per heavy atom. The SMILES string of the molecule is CC(CC1CCCCN1)Nc1cc(C(=O)O)ccc1F. The summed E-state index contributed by atoms with van der Waals surface area (Å²) in [6, 6.07) is 4.36. The number of hydrogen-bond donors (Lipinski definition) is 3. The molecule has 0 spiro atoms. The molecule has 0 aliphatic carbocycles. The van der Waals surface area contributed by atoms with Gasteiger partial charge in [-0.15, -0.1) is 0 Å². The second-order valence-corrected chi connectivity index (χ2v) is 5.43. The minimum Gasteiger partial charge on any atom is -0.478 e. The lowest BCUT2D eigenvalue weighted by atomic mass is 9.98. The van der Waals surface area contributed by atoms with E-state index in [4.69, 9.17) is 5.11 Å². The number of carboxylic acid groups (broad SMARTS) is 1. The molecule has 0 aromatic heterocycles. The van der Waals surface area contributed by atoms with Crippen molar-refractivity contribution in [3.63, 3.8) is 0 Å². The molecule has 2 atom stereocenters. The molecule has 4 nitrogen and oxygen atoms in total. The summed E-state index contributed by atoms with van der Waals surface area (Å²) in [5, 5.41) is 15.5. The molecular weight excluding hydrogens is 259 g/mol. The van der Waals surface area contributed by atoms with Crippen LogP contribution in [0.5, 0.6) is 0 Å². The van der Waals surface area contributed by atoms with Gasteiger partial charge in [-0.05, 0) is 50.9 Å². The van der Waals surface area contributed by atoms with E-state index in [1.165, 1.54) is 31.0 Å². The fourth-order valence-electron chi connectivity index (χ4n) is 2.65. The summed E-state index contributed by atoms with van der Waals surface area (Å²) in [4.78, 5) is 10.9. The Bertz CT molecular complexity index is 473. The number of anilines is 1. The quantitative estimate of drug-likeness (QED) is 0.776. The van der Waals surface area contributed by atoms with Crippen molar-refractivity contribution in [2.45, 2.75) is 44.7 Å². The zero-order valence-corrected chi connectivity index (χ0v) is 11.7. The van der Waals surface area contributed by atoms with Crippen molar-refractivity contribution in [3.05, 3.63) is 29.6 Å². The van der Waals surface area contributed by atoms with E-state index < -0.39 is 11.8 Å². The molecule has 1 aromatic rings. The highest BCUT2D eigenvalue weighted by atomic mass is 19.1. The maximum atomic E-state index is 13.7. The molecule has 1 aromatic carbocycles. The summed E-state index contributed by atoms with van der Waals surface area (Å²) in [5.74, 6) is -1.46. The topological polar surface area (TPSA) is 61.4 Å². The third-order valence-electron chi connectivity index (χ3n) is 3.67. The van der Waals surface area contributed by atoms with E-state index in [1.807, 2.05) is 6.92 Å². The van der Waals surface area contributed by atoms with E-state index in [-0.39, 0.29) is 17.3 Å². The smallest absolute Gasteiger partial charge is 0.335 e. The zero-order valence-electron chi connectivity index (χ0n) is 11.7. The first kappa shape index (κ1) is 14.8. The van der Waals surface area contributed by atoms with Gasteiger partial charge in [0, 0.05) is 12.1 Å². The van der Waals surface area contributed by atoms with Gasteiger partial charge in [-0.3, -0.25) is 0 Å². The Hall–Kier alpha value is -1.62. The van der Waals surface area contributed by atoms with Gasteiger partial charge in [0.2, 0.25) is 0 Å². The van der Waals surface area contributed by atoms with E-state index in [1.54, 1.807) is 0 Å². The van der Waals surface area contributed by atoms with E-state index >= 15 is 0 Å². The van der Waals surface area contributed by atoms with Crippen molar-refractivity contribution in [3.8, 4) is 0 Å². The van der Waals surface area contributed by atoms with Crippen LogP contribution in [0.15, 0.2) is 18.2 Å². The van der Waals surface area contributed by atoms with Gasteiger partial charge in [-0.2, -0.15) is 0 Å². The van der Waals surface area contributed by atoms with Crippen molar-refractivity contribution in [1.82, 2.24) is 5.32 Å². The fraction of sp³-hybridized carbons (Fsp3) is 0.533. The molecule has 1 aliphatic heterocycles. The Morgan fingerprint density at radius 3 is 3.00 bits per heavy atom. The van der Waals surface area contributed by atoms with Gasteiger partial charge in [-0.1, -0.05) is 6.42 Å². The summed E-state index contributed by atoms with van der Waals surface area (Å²) >= 11 is 0. The molecule has 1 saturated heterocycles. The van der Waals surface area contributed by atoms with Crippen LogP contribution in [-0.4, -0.2) is 29.7 Å². The fourth-order valence-corrected chi connectivity index (χ4v) is 2.65. The number of nitrogens with one attached hydrogen (secondary N) is 2. The minimum atomic E-state index is -1.05. The molecule has 5 heteroatoms. The highest BCUT2D eigenvalue weighted by Gasteiger charge is 2.17. The predicted molar refractivity (Wildman–Crippen MR) is 76.7 cm³/mol. The van der Waals surface area contributed by atoms with Crippen LogP contribution >= 0.6 is 0 Å². The van der Waals surface area contributed by atoms with E-state index in [0.717, 1.165) is 19.4 Å².